The first-order chi connectivity index (χ1) is 30.1. The van der Waals surface area contributed by atoms with Crippen molar-refractivity contribution in [2.75, 3.05) is 14.7 Å². The van der Waals surface area contributed by atoms with Gasteiger partial charge in [-0.3, -0.25) is 0 Å². The van der Waals surface area contributed by atoms with Crippen molar-refractivity contribution in [3.63, 3.8) is 0 Å². The first-order valence-electron chi connectivity index (χ1n) is 23.3. The fourth-order valence-electron chi connectivity index (χ4n) is 9.80. The molecule has 0 N–H and O–H groups in total. The summed E-state index contributed by atoms with van der Waals surface area (Å²) in [6, 6.07) is 56.3. The number of anilines is 9. The average molecular weight is 840 g/mol. The van der Waals surface area contributed by atoms with E-state index in [-0.39, 0.29) is 28.4 Å². The van der Waals surface area contributed by atoms with Gasteiger partial charge in [-0.15, -0.1) is 0 Å². The molecule has 0 saturated carbocycles. The van der Waals surface area contributed by atoms with Gasteiger partial charge in [-0.05, 0) is 147 Å². The van der Waals surface area contributed by atoms with Gasteiger partial charge in [-0.2, -0.15) is 0 Å². The molecule has 0 spiro atoms. The Kier molecular flexibility index (Phi) is 10.4. The molecule has 7 aromatic carbocycles. The van der Waals surface area contributed by atoms with E-state index in [0.29, 0.717) is 0 Å². The van der Waals surface area contributed by atoms with Gasteiger partial charge in [0.15, 0.2) is 0 Å². The van der Waals surface area contributed by atoms with Crippen LogP contribution in [0, 0.1) is 13.8 Å². The van der Waals surface area contributed by atoms with E-state index in [2.05, 4.69) is 257 Å². The SMILES string of the molecule is Cc1ccc2c(c1)B1c3cc(C)ccc3N(c3ccc(C(C)(C)C)cc3)c3cc(N(c4ccc(C(C)(C)C)cc4)c4ccc(C(C)(C)C)cc4)cc(c31)N2c1ccc(C(C)(C)C)cc1. The molecule has 3 nitrogen and oxygen atoms in total. The molecule has 0 amide bonds. The Balaban J connectivity index is 1.38. The van der Waals surface area contributed by atoms with Crippen LogP contribution in [-0.2, 0) is 21.7 Å². The molecule has 0 radical (unpaired) electrons. The molecule has 0 saturated heterocycles. The van der Waals surface area contributed by atoms with Crippen LogP contribution in [0.1, 0.15) is 116 Å². The lowest BCUT2D eigenvalue weighted by molar-refractivity contribution is 0.590. The predicted octanol–water partition coefficient (Wildman–Crippen LogP) is 15.0. The third-order valence-electron chi connectivity index (χ3n) is 13.6. The molecule has 4 heteroatoms. The highest BCUT2D eigenvalue weighted by Gasteiger charge is 2.44. The average Bonchev–Trinajstić information content (AvgIpc) is 3.23. The molecule has 324 valence electrons. The molecule has 9 rings (SSSR count). The van der Waals surface area contributed by atoms with Crippen LogP contribution in [0.4, 0.5) is 51.2 Å². The monoisotopic (exact) mass is 840 g/mol. The minimum Gasteiger partial charge on any atom is -0.311 e. The smallest absolute Gasteiger partial charge is 0.252 e. The zero-order chi connectivity index (χ0) is 45.7. The molecule has 0 aromatic heterocycles. The summed E-state index contributed by atoms with van der Waals surface area (Å²) in [4.78, 5) is 7.57. The van der Waals surface area contributed by atoms with E-state index in [0.717, 1.165) is 28.4 Å². The summed E-state index contributed by atoms with van der Waals surface area (Å²) >= 11 is 0. The standard InChI is InChI=1S/C60H66BN3/c1-39-15-33-52-50(35-39)61-51-36-40(2)16-34-53(51)64(48-31-23-44(24-32-48)60(12,13)14)55-38-49(37-54(56(55)61)63(52)47-29-21-43(22-30-47)59(9,10)11)62(45-25-17-41(18-26-45)57(3,4)5)46-27-19-42(20-28-46)58(6,7)8/h15-38H,1-14H3. The minimum absolute atomic E-state index is 0.0321. The van der Waals surface area contributed by atoms with Gasteiger partial charge in [-0.1, -0.05) is 167 Å². The van der Waals surface area contributed by atoms with Crippen LogP contribution in [-0.4, -0.2) is 6.71 Å². The van der Waals surface area contributed by atoms with Gasteiger partial charge in [-0.25, -0.2) is 0 Å². The van der Waals surface area contributed by atoms with Gasteiger partial charge >= 0.3 is 0 Å². The van der Waals surface area contributed by atoms with Crippen LogP contribution in [0.5, 0.6) is 0 Å². The molecule has 0 bridgehead atoms. The Morgan fingerprint density at radius 2 is 0.656 bits per heavy atom. The fraction of sp³-hybridized carbons (Fsp3) is 0.300. The molecule has 2 heterocycles. The number of fused-ring (bicyclic) bond motifs is 4. The topological polar surface area (TPSA) is 9.72 Å². The molecule has 7 aromatic rings. The van der Waals surface area contributed by atoms with Crippen molar-refractivity contribution in [3.8, 4) is 0 Å². The lowest BCUT2D eigenvalue weighted by atomic mass is 9.33. The van der Waals surface area contributed by atoms with Crippen molar-refractivity contribution < 1.29 is 0 Å². The Labute approximate surface area is 384 Å². The summed E-state index contributed by atoms with van der Waals surface area (Å²) in [5.41, 5.74) is 22.5. The molecule has 64 heavy (non-hydrogen) atoms. The van der Waals surface area contributed by atoms with Gasteiger partial charge in [0.05, 0.1) is 5.69 Å². The van der Waals surface area contributed by atoms with Gasteiger partial charge in [0, 0.05) is 45.5 Å². The summed E-state index contributed by atoms with van der Waals surface area (Å²) in [5.74, 6) is 0. The Hall–Kier alpha value is -6.00. The van der Waals surface area contributed by atoms with Crippen molar-refractivity contribution in [3.05, 3.63) is 179 Å². The van der Waals surface area contributed by atoms with Crippen LogP contribution in [0.25, 0.3) is 0 Å². The normalized spacial score (nSPS) is 13.7. The number of hydrogen-bond acceptors (Lipinski definition) is 3. The zero-order valence-corrected chi connectivity index (χ0v) is 40.8. The van der Waals surface area contributed by atoms with Crippen LogP contribution in [0.2, 0.25) is 0 Å². The summed E-state index contributed by atoms with van der Waals surface area (Å²) in [6.45, 7) is 32.0. The largest absolute Gasteiger partial charge is 0.311 e. The van der Waals surface area contributed by atoms with Crippen molar-refractivity contribution in [2.45, 2.75) is 119 Å². The van der Waals surface area contributed by atoms with Crippen molar-refractivity contribution in [1.82, 2.24) is 0 Å². The maximum absolute atomic E-state index is 2.55. The van der Waals surface area contributed by atoms with Crippen molar-refractivity contribution in [2.24, 2.45) is 0 Å². The Bertz CT molecular complexity index is 2670. The van der Waals surface area contributed by atoms with Crippen LogP contribution in [0.3, 0.4) is 0 Å². The summed E-state index contributed by atoms with van der Waals surface area (Å²) in [6.07, 6.45) is 0. The summed E-state index contributed by atoms with van der Waals surface area (Å²) in [5, 5.41) is 0. The van der Waals surface area contributed by atoms with Gasteiger partial charge in [0.2, 0.25) is 0 Å². The number of aryl methyl sites for hydroxylation is 2. The first kappa shape index (κ1) is 43.3. The van der Waals surface area contributed by atoms with Crippen LogP contribution in [0.15, 0.2) is 146 Å². The maximum atomic E-state index is 2.55. The number of rotatable bonds is 5. The molecular formula is C60H66BN3. The van der Waals surface area contributed by atoms with Gasteiger partial charge in [0.1, 0.15) is 0 Å². The second-order valence-corrected chi connectivity index (χ2v) is 22.6. The lowest BCUT2D eigenvalue weighted by Crippen LogP contribution is -2.61. The first-order valence-corrected chi connectivity index (χ1v) is 23.3. The van der Waals surface area contributed by atoms with Gasteiger partial charge < -0.3 is 14.7 Å². The molecule has 2 aliphatic rings. The quantitative estimate of drug-likeness (QED) is 0.160. The van der Waals surface area contributed by atoms with Crippen LogP contribution >= 0.6 is 0 Å². The Morgan fingerprint density at radius 1 is 0.344 bits per heavy atom. The van der Waals surface area contributed by atoms with E-state index >= 15 is 0 Å². The van der Waals surface area contributed by atoms with E-state index in [1.165, 1.54) is 72.5 Å². The molecule has 2 aliphatic heterocycles. The lowest BCUT2D eigenvalue weighted by Gasteiger charge is -2.45. The van der Waals surface area contributed by atoms with E-state index < -0.39 is 0 Å². The summed E-state index contributed by atoms with van der Waals surface area (Å²) < 4.78 is 0. The number of benzene rings is 7. The van der Waals surface area contributed by atoms with E-state index in [4.69, 9.17) is 0 Å². The number of hydrogen-bond donors (Lipinski definition) is 0. The minimum atomic E-state index is 0.0321. The molecule has 0 atom stereocenters. The molecule has 0 aliphatic carbocycles. The molecule has 0 fully saturated rings. The van der Waals surface area contributed by atoms with E-state index in [1.807, 2.05) is 0 Å². The van der Waals surface area contributed by atoms with Crippen molar-refractivity contribution >= 4 is 74.3 Å². The predicted molar refractivity (Wildman–Crippen MR) is 279 cm³/mol. The molecule has 0 unspecified atom stereocenters. The zero-order valence-electron chi connectivity index (χ0n) is 40.8. The third kappa shape index (κ3) is 7.74. The van der Waals surface area contributed by atoms with Crippen LogP contribution < -0.4 is 31.1 Å². The third-order valence-corrected chi connectivity index (χ3v) is 13.6. The van der Waals surface area contributed by atoms with Gasteiger partial charge in [0.25, 0.3) is 6.71 Å². The van der Waals surface area contributed by atoms with E-state index in [9.17, 15) is 0 Å². The Morgan fingerprint density at radius 3 is 0.969 bits per heavy atom. The second kappa shape index (κ2) is 15.3. The van der Waals surface area contributed by atoms with E-state index in [1.54, 1.807) is 0 Å². The van der Waals surface area contributed by atoms with Crippen molar-refractivity contribution in [1.29, 1.82) is 0 Å². The number of nitrogens with zero attached hydrogens (tertiary/aromatic N) is 3. The highest BCUT2D eigenvalue weighted by molar-refractivity contribution is 7.00. The second-order valence-electron chi connectivity index (χ2n) is 22.6. The summed E-state index contributed by atoms with van der Waals surface area (Å²) in [7, 11) is 0. The fourth-order valence-corrected chi connectivity index (χ4v) is 9.80. The highest BCUT2D eigenvalue weighted by Crippen LogP contribution is 2.49. The molecular weight excluding hydrogens is 773 g/mol. The highest BCUT2D eigenvalue weighted by atomic mass is 15.2. The maximum Gasteiger partial charge on any atom is 0.252 e.